The van der Waals surface area contributed by atoms with Gasteiger partial charge in [0.05, 0.1) is 12.3 Å². The van der Waals surface area contributed by atoms with Gasteiger partial charge in [-0.15, -0.1) is 0 Å². The Kier molecular flexibility index (Phi) is 2.05. The van der Waals surface area contributed by atoms with E-state index < -0.39 is 0 Å². The molecule has 1 rings (SSSR count). The molecule has 0 aliphatic heterocycles. The topological polar surface area (TPSA) is 55.1 Å². The Bertz CT molecular complexity index is 317. The fourth-order valence-electron chi connectivity index (χ4n) is 0.827. The molecule has 4 nitrogen and oxygen atoms in total. The highest BCUT2D eigenvalue weighted by Crippen LogP contribution is 1.98. The van der Waals surface area contributed by atoms with E-state index in [0.717, 1.165) is 5.56 Å². The van der Waals surface area contributed by atoms with Crippen molar-refractivity contribution in [1.82, 2.24) is 9.78 Å². The quantitative estimate of drug-likeness (QED) is 0.597. The van der Waals surface area contributed by atoms with E-state index in [-0.39, 0.29) is 12.2 Å². The van der Waals surface area contributed by atoms with Gasteiger partial charge in [0.25, 0.3) is 5.56 Å². The Labute approximate surface area is 64.1 Å². The fraction of sp³-hybridized carbons (Fsp3) is 0.429. The Morgan fingerprint density at radius 1 is 1.73 bits per heavy atom. The Morgan fingerprint density at radius 2 is 2.36 bits per heavy atom. The highest BCUT2D eigenvalue weighted by molar-refractivity contribution is 5.14. The summed E-state index contributed by atoms with van der Waals surface area (Å²) in [4.78, 5) is 10.9. The summed E-state index contributed by atoms with van der Waals surface area (Å²) in [6.45, 7) is 1.62. The lowest BCUT2D eigenvalue weighted by molar-refractivity contribution is 0.272. The first-order valence-corrected chi connectivity index (χ1v) is 3.30. The lowest BCUT2D eigenvalue weighted by Gasteiger charge is -2.01. The van der Waals surface area contributed by atoms with E-state index in [1.807, 2.05) is 0 Å². The van der Waals surface area contributed by atoms with E-state index in [4.69, 9.17) is 5.11 Å². The number of nitrogens with zero attached hydrogens (tertiary/aromatic N) is 2. The van der Waals surface area contributed by atoms with Crippen molar-refractivity contribution >= 4 is 0 Å². The minimum absolute atomic E-state index is 0.125. The molecule has 0 unspecified atom stereocenters. The maximum Gasteiger partial charge on any atom is 0.266 e. The van der Waals surface area contributed by atoms with Crippen LogP contribution in [0.3, 0.4) is 0 Å². The zero-order valence-electron chi connectivity index (χ0n) is 6.53. The molecule has 0 saturated heterocycles. The molecule has 1 heterocycles. The standard InChI is InChI=1S/C7H10N2O2/c1-5-3-7(11)9(2)8-6(5)4-10/h3,10H,4H2,1-2H3. The van der Waals surface area contributed by atoms with E-state index in [9.17, 15) is 4.79 Å². The first-order valence-electron chi connectivity index (χ1n) is 3.30. The second kappa shape index (κ2) is 2.84. The van der Waals surface area contributed by atoms with Gasteiger partial charge < -0.3 is 5.11 Å². The van der Waals surface area contributed by atoms with Gasteiger partial charge in [0.15, 0.2) is 0 Å². The number of hydrogen-bond acceptors (Lipinski definition) is 3. The molecule has 0 spiro atoms. The number of aliphatic hydroxyl groups excluding tert-OH is 1. The third-order valence-corrected chi connectivity index (χ3v) is 1.53. The predicted octanol–water partition coefficient (Wildman–Crippen LogP) is -0.419. The largest absolute Gasteiger partial charge is 0.390 e. The van der Waals surface area contributed by atoms with Crippen LogP contribution >= 0.6 is 0 Å². The van der Waals surface area contributed by atoms with Crippen LogP contribution in [0.1, 0.15) is 11.3 Å². The van der Waals surface area contributed by atoms with Gasteiger partial charge in [0, 0.05) is 13.1 Å². The van der Waals surface area contributed by atoms with Crippen molar-refractivity contribution < 1.29 is 5.11 Å². The first-order chi connectivity index (χ1) is 5.15. The van der Waals surface area contributed by atoms with Gasteiger partial charge in [-0.3, -0.25) is 4.79 Å². The molecule has 4 heteroatoms. The van der Waals surface area contributed by atoms with Gasteiger partial charge in [-0.1, -0.05) is 0 Å². The molecule has 0 radical (unpaired) electrons. The Morgan fingerprint density at radius 3 is 2.91 bits per heavy atom. The third-order valence-electron chi connectivity index (χ3n) is 1.53. The van der Waals surface area contributed by atoms with Crippen LogP contribution in [0.5, 0.6) is 0 Å². The van der Waals surface area contributed by atoms with E-state index in [1.165, 1.54) is 10.7 Å². The van der Waals surface area contributed by atoms with Crippen LogP contribution in [0, 0.1) is 6.92 Å². The second-order valence-electron chi connectivity index (χ2n) is 2.39. The summed E-state index contributed by atoms with van der Waals surface area (Å²) in [5.74, 6) is 0. The van der Waals surface area contributed by atoms with Crippen LogP contribution < -0.4 is 5.56 Å². The van der Waals surface area contributed by atoms with E-state index in [0.29, 0.717) is 5.69 Å². The fourth-order valence-corrected chi connectivity index (χ4v) is 0.827. The van der Waals surface area contributed by atoms with Crippen molar-refractivity contribution in [1.29, 1.82) is 0 Å². The van der Waals surface area contributed by atoms with Crippen LogP contribution in [0.15, 0.2) is 10.9 Å². The van der Waals surface area contributed by atoms with Crippen LogP contribution in [-0.4, -0.2) is 14.9 Å². The molecule has 0 fully saturated rings. The van der Waals surface area contributed by atoms with Crippen LogP contribution in [-0.2, 0) is 13.7 Å². The maximum absolute atomic E-state index is 10.9. The summed E-state index contributed by atoms with van der Waals surface area (Å²) in [6.07, 6.45) is 0. The van der Waals surface area contributed by atoms with Crippen molar-refractivity contribution in [3.8, 4) is 0 Å². The van der Waals surface area contributed by atoms with Gasteiger partial charge >= 0.3 is 0 Å². The molecule has 0 amide bonds. The SMILES string of the molecule is Cc1cc(=O)n(C)nc1CO. The molecular weight excluding hydrogens is 144 g/mol. The highest BCUT2D eigenvalue weighted by atomic mass is 16.3. The number of aliphatic hydroxyl groups is 1. The first kappa shape index (κ1) is 7.94. The third kappa shape index (κ3) is 1.46. The summed E-state index contributed by atoms with van der Waals surface area (Å²) in [6, 6.07) is 1.46. The maximum atomic E-state index is 10.9. The molecule has 11 heavy (non-hydrogen) atoms. The highest BCUT2D eigenvalue weighted by Gasteiger charge is 2.00. The summed E-state index contributed by atoms with van der Waals surface area (Å²) in [5.41, 5.74) is 1.13. The molecular formula is C7H10N2O2. The van der Waals surface area contributed by atoms with Gasteiger partial charge in [0.2, 0.25) is 0 Å². The number of hydrogen-bond donors (Lipinski definition) is 1. The lowest BCUT2D eigenvalue weighted by atomic mass is 10.2. The monoisotopic (exact) mass is 154 g/mol. The van der Waals surface area contributed by atoms with Gasteiger partial charge in [-0.25, -0.2) is 4.68 Å². The zero-order valence-corrected chi connectivity index (χ0v) is 6.53. The van der Waals surface area contributed by atoms with E-state index in [1.54, 1.807) is 14.0 Å². The average molecular weight is 154 g/mol. The summed E-state index contributed by atoms with van der Waals surface area (Å²) >= 11 is 0. The Hall–Kier alpha value is -1.16. The molecule has 0 aliphatic rings. The van der Waals surface area contributed by atoms with Crippen molar-refractivity contribution in [2.45, 2.75) is 13.5 Å². The molecule has 0 aromatic carbocycles. The second-order valence-corrected chi connectivity index (χ2v) is 2.39. The van der Waals surface area contributed by atoms with Crippen LogP contribution in [0.2, 0.25) is 0 Å². The normalized spacial score (nSPS) is 10.1. The molecule has 1 N–H and O–H groups in total. The van der Waals surface area contributed by atoms with Crippen molar-refractivity contribution in [3.05, 3.63) is 27.7 Å². The molecule has 0 aliphatic carbocycles. The minimum Gasteiger partial charge on any atom is -0.390 e. The van der Waals surface area contributed by atoms with E-state index >= 15 is 0 Å². The van der Waals surface area contributed by atoms with Crippen LogP contribution in [0.25, 0.3) is 0 Å². The molecule has 0 atom stereocenters. The number of rotatable bonds is 1. The molecule has 0 saturated carbocycles. The summed E-state index contributed by atoms with van der Waals surface area (Å²) in [7, 11) is 1.56. The minimum atomic E-state index is -0.153. The number of aryl methyl sites for hydroxylation is 2. The molecule has 0 bridgehead atoms. The van der Waals surface area contributed by atoms with Gasteiger partial charge in [0.1, 0.15) is 0 Å². The molecule has 1 aromatic rings. The van der Waals surface area contributed by atoms with Gasteiger partial charge in [-0.2, -0.15) is 5.10 Å². The summed E-state index contributed by atoms with van der Waals surface area (Å²) in [5, 5.41) is 12.6. The van der Waals surface area contributed by atoms with Gasteiger partial charge in [-0.05, 0) is 12.5 Å². The Balaban J connectivity index is 3.32. The van der Waals surface area contributed by atoms with Crippen LogP contribution in [0.4, 0.5) is 0 Å². The smallest absolute Gasteiger partial charge is 0.266 e. The van der Waals surface area contributed by atoms with Crippen molar-refractivity contribution in [2.24, 2.45) is 7.05 Å². The predicted molar refractivity (Wildman–Crippen MR) is 40.1 cm³/mol. The van der Waals surface area contributed by atoms with E-state index in [2.05, 4.69) is 5.10 Å². The summed E-state index contributed by atoms with van der Waals surface area (Å²) < 4.78 is 1.21. The molecule has 1 aromatic heterocycles. The van der Waals surface area contributed by atoms with Crippen molar-refractivity contribution in [3.63, 3.8) is 0 Å². The van der Waals surface area contributed by atoms with Crippen molar-refractivity contribution in [2.75, 3.05) is 0 Å². The molecule has 60 valence electrons. The number of aromatic nitrogens is 2. The zero-order chi connectivity index (χ0) is 8.43. The average Bonchev–Trinajstić information content (AvgIpc) is 1.97. The lowest BCUT2D eigenvalue weighted by Crippen LogP contribution is -2.20.